The van der Waals surface area contributed by atoms with Crippen molar-refractivity contribution in [1.29, 1.82) is 5.26 Å². The third kappa shape index (κ3) is 1.55. The molecule has 3 aromatic rings. The SMILES string of the molecule is N#Cc1c(-c2ccccc2)cc2cscc2c1O. The molecule has 0 spiro atoms. The van der Waals surface area contributed by atoms with Crippen LogP contribution in [-0.2, 0) is 0 Å². The van der Waals surface area contributed by atoms with Gasteiger partial charge in [0, 0.05) is 16.3 Å². The number of hydrogen-bond donors (Lipinski definition) is 1. The maximum atomic E-state index is 10.2. The molecule has 1 aromatic heterocycles. The third-order valence-corrected chi connectivity index (χ3v) is 3.71. The largest absolute Gasteiger partial charge is 0.506 e. The second kappa shape index (κ2) is 4.17. The number of nitrogens with zero attached hydrogens (tertiary/aromatic N) is 1. The average molecular weight is 251 g/mol. The summed E-state index contributed by atoms with van der Waals surface area (Å²) in [5.41, 5.74) is 2.06. The van der Waals surface area contributed by atoms with E-state index in [9.17, 15) is 10.4 Å². The highest BCUT2D eigenvalue weighted by Crippen LogP contribution is 2.38. The Bertz CT molecular complexity index is 753. The molecule has 2 aromatic carbocycles. The Morgan fingerprint density at radius 2 is 1.89 bits per heavy atom. The van der Waals surface area contributed by atoms with Gasteiger partial charge in [-0.25, -0.2) is 0 Å². The first-order chi connectivity index (χ1) is 8.81. The number of phenols is 1. The Balaban J connectivity index is 2.39. The average Bonchev–Trinajstić information content (AvgIpc) is 2.88. The Labute approximate surface area is 108 Å². The van der Waals surface area contributed by atoms with Gasteiger partial charge in [0.25, 0.3) is 0 Å². The smallest absolute Gasteiger partial charge is 0.142 e. The summed E-state index contributed by atoms with van der Waals surface area (Å²) in [7, 11) is 0. The van der Waals surface area contributed by atoms with Crippen LogP contribution < -0.4 is 0 Å². The maximum Gasteiger partial charge on any atom is 0.142 e. The van der Waals surface area contributed by atoms with Crippen LogP contribution in [0.2, 0.25) is 0 Å². The fourth-order valence-electron chi connectivity index (χ4n) is 2.06. The zero-order chi connectivity index (χ0) is 12.5. The van der Waals surface area contributed by atoms with Crippen molar-refractivity contribution in [2.75, 3.05) is 0 Å². The summed E-state index contributed by atoms with van der Waals surface area (Å²) in [6.45, 7) is 0. The molecule has 0 aliphatic heterocycles. The zero-order valence-corrected chi connectivity index (χ0v) is 10.2. The molecule has 0 aliphatic rings. The minimum atomic E-state index is 0.0788. The Hall–Kier alpha value is -2.31. The van der Waals surface area contributed by atoms with Crippen LogP contribution in [0, 0.1) is 11.3 Å². The molecule has 3 rings (SSSR count). The van der Waals surface area contributed by atoms with Crippen molar-refractivity contribution in [2.24, 2.45) is 0 Å². The standard InChI is InChI=1S/C15H9NOS/c16-7-13-12(10-4-2-1-3-5-10)6-11-8-18-9-14(11)15(13)17/h1-6,8-9,17H. The van der Waals surface area contributed by atoms with Gasteiger partial charge in [-0.05, 0) is 22.4 Å². The minimum Gasteiger partial charge on any atom is -0.506 e. The second-order valence-corrected chi connectivity index (χ2v) is 4.74. The van der Waals surface area contributed by atoms with Crippen LogP contribution in [0.5, 0.6) is 5.75 Å². The highest BCUT2D eigenvalue weighted by Gasteiger charge is 2.14. The lowest BCUT2D eigenvalue weighted by Gasteiger charge is -2.07. The molecule has 86 valence electrons. The summed E-state index contributed by atoms with van der Waals surface area (Å²) in [5.74, 6) is 0.0788. The Morgan fingerprint density at radius 1 is 1.11 bits per heavy atom. The number of hydrogen-bond acceptors (Lipinski definition) is 3. The number of phenolic OH excluding ortho intramolecular Hbond substituents is 1. The van der Waals surface area contributed by atoms with E-state index in [0.717, 1.165) is 21.9 Å². The lowest BCUT2D eigenvalue weighted by atomic mass is 9.97. The molecule has 1 N–H and O–H groups in total. The molecule has 18 heavy (non-hydrogen) atoms. The molecule has 0 atom stereocenters. The van der Waals surface area contributed by atoms with Crippen molar-refractivity contribution in [2.45, 2.75) is 0 Å². The lowest BCUT2D eigenvalue weighted by molar-refractivity contribution is 0.480. The van der Waals surface area contributed by atoms with E-state index in [2.05, 4.69) is 6.07 Å². The monoisotopic (exact) mass is 251 g/mol. The van der Waals surface area contributed by atoms with Crippen LogP contribution in [0.1, 0.15) is 5.56 Å². The zero-order valence-electron chi connectivity index (χ0n) is 9.42. The number of benzene rings is 2. The number of thiophene rings is 1. The predicted molar refractivity (Wildman–Crippen MR) is 73.6 cm³/mol. The van der Waals surface area contributed by atoms with Crippen LogP contribution in [-0.4, -0.2) is 5.11 Å². The van der Waals surface area contributed by atoms with Crippen molar-refractivity contribution in [1.82, 2.24) is 0 Å². The summed E-state index contributed by atoms with van der Waals surface area (Å²) < 4.78 is 0. The number of fused-ring (bicyclic) bond motifs is 1. The topological polar surface area (TPSA) is 44.0 Å². The van der Waals surface area contributed by atoms with Gasteiger partial charge in [0.15, 0.2) is 0 Å². The van der Waals surface area contributed by atoms with Crippen LogP contribution in [0.3, 0.4) is 0 Å². The van der Waals surface area contributed by atoms with Crippen molar-refractivity contribution < 1.29 is 5.11 Å². The summed E-state index contributed by atoms with van der Waals surface area (Å²) in [4.78, 5) is 0. The van der Waals surface area contributed by atoms with Crippen molar-refractivity contribution in [3.63, 3.8) is 0 Å². The van der Waals surface area contributed by atoms with Crippen LogP contribution in [0.15, 0.2) is 47.2 Å². The lowest BCUT2D eigenvalue weighted by Crippen LogP contribution is -1.86. The van der Waals surface area contributed by atoms with Crippen molar-refractivity contribution in [3.05, 3.63) is 52.7 Å². The molecule has 0 radical (unpaired) electrons. The molecule has 0 aliphatic carbocycles. The van der Waals surface area contributed by atoms with Gasteiger partial charge in [-0.3, -0.25) is 0 Å². The normalized spacial score (nSPS) is 10.4. The fraction of sp³-hybridized carbons (Fsp3) is 0. The fourth-order valence-corrected chi connectivity index (χ4v) is 2.85. The van der Waals surface area contributed by atoms with E-state index in [-0.39, 0.29) is 5.75 Å². The molecule has 0 amide bonds. The molecule has 1 heterocycles. The quantitative estimate of drug-likeness (QED) is 0.706. The van der Waals surface area contributed by atoms with Gasteiger partial charge in [-0.2, -0.15) is 16.6 Å². The van der Waals surface area contributed by atoms with Crippen LogP contribution in [0.25, 0.3) is 21.9 Å². The number of nitriles is 1. The van der Waals surface area contributed by atoms with Gasteiger partial charge in [-0.1, -0.05) is 30.3 Å². The second-order valence-electron chi connectivity index (χ2n) is 4.00. The summed E-state index contributed by atoms with van der Waals surface area (Å²) in [6.07, 6.45) is 0. The molecule has 2 nitrogen and oxygen atoms in total. The van der Waals surface area contributed by atoms with E-state index in [0.29, 0.717) is 5.56 Å². The van der Waals surface area contributed by atoms with Crippen molar-refractivity contribution >= 4 is 22.1 Å². The van der Waals surface area contributed by atoms with Crippen LogP contribution in [0.4, 0.5) is 0 Å². The van der Waals surface area contributed by atoms with Crippen molar-refractivity contribution in [3.8, 4) is 22.9 Å². The van der Waals surface area contributed by atoms with E-state index >= 15 is 0 Å². The van der Waals surface area contributed by atoms with Gasteiger partial charge in [0.2, 0.25) is 0 Å². The Morgan fingerprint density at radius 3 is 2.61 bits per heavy atom. The molecule has 0 saturated carbocycles. The molecule has 0 saturated heterocycles. The first-order valence-electron chi connectivity index (χ1n) is 5.48. The van der Waals surface area contributed by atoms with Gasteiger partial charge >= 0.3 is 0 Å². The third-order valence-electron chi connectivity index (χ3n) is 2.95. The molecular weight excluding hydrogens is 242 g/mol. The van der Waals surface area contributed by atoms with E-state index < -0.39 is 0 Å². The van der Waals surface area contributed by atoms with E-state index in [4.69, 9.17) is 0 Å². The van der Waals surface area contributed by atoms with Gasteiger partial charge in [0.05, 0.1) is 0 Å². The van der Waals surface area contributed by atoms with E-state index in [1.165, 1.54) is 11.3 Å². The van der Waals surface area contributed by atoms with Crippen LogP contribution >= 0.6 is 11.3 Å². The van der Waals surface area contributed by atoms with Gasteiger partial charge in [0.1, 0.15) is 17.4 Å². The van der Waals surface area contributed by atoms with E-state index in [1.54, 1.807) is 0 Å². The Kier molecular flexibility index (Phi) is 2.51. The predicted octanol–water partition coefficient (Wildman–Crippen LogP) is 4.15. The molecule has 0 unspecified atom stereocenters. The van der Waals surface area contributed by atoms with Gasteiger partial charge in [-0.15, -0.1) is 0 Å². The first kappa shape index (κ1) is 10.8. The summed E-state index contributed by atoms with van der Waals surface area (Å²) in [5, 5.41) is 25.0. The molecule has 0 bridgehead atoms. The summed E-state index contributed by atoms with van der Waals surface area (Å²) in [6, 6.07) is 13.7. The molecule has 0 fully saturated rings. The molecular formula is C15H9NOS. The number of rotatable bonds is 1. The van der Waals surface area contributed by atoms with Gasteiger partial charge < -0.3 is 5.11 Å². The highest BCUT2D eigenvalue weighted by atomic mass is 32.1. The summed E-state index contributed by atoms with van der Waals surface area (Å²) >= 11 is 1.52. The molecule has 3 heteroatoms. The first-order valence-corrected chi connectivity index (χ1v) is 6.43. The maximum absolute atomic E-state index is 10.2. The van der Waals surface area contributed by atoms with E-state index in [1.807, 2.05) is 47.2 Å². The number of aromatic hydroxyl groups is 1. The minimum absolute atomic E-state index is 0.0788. The highest BCUT2D eigenvalue weighted by molar-refractivity contribution is 7.09.